The summed E-state index contributed by atoms with van der Waals surface area (Å²) in [6.45, 7) is 1.72. The third kappa shape index (κ3) is 2.83. The van der Waals surface area contributed by atoms with Crippen molar-refractivity contribution in [1.29, 1.82) is 5.26 Å². The first-order valence-electron chi connectivity index (χ1n) is 6.93. The summed E-state index contributed by atoms with van der Waals surface area (Å²) >= 11 is 0. The molecule has 3 N–H and O–H groups in total. The van der Waals surface area contributed by atoms with Crippen LogP contribution in [0.5, 0.6) is 0 Å². The fourth-order valence-corrected chi connectivity index (χ4v) is 2.33. The maximum atomic E-state index is 9.43. The van der Waals surface area contributed by atoms with Gasteiger partial charge in [-0.3, -0.25) is 5.43 Å². The summed E-state index contributed by atoms with van der Waals surface area (Å²) in [6.07, 6.45) is 5.20. The van der Waals surface area contributed by atoms with Gasteiger partial charge in [-0.25, -0.2) is 0 Å². The Hall–Kier alpha value is -3.08. The van der Waals surface area contributed by atoms with Crippen LogP contribution in [0.15, 0.2) is 27.9 Å². The Kier molecular flexibility index (Phi) is 3.87. The molecule has 3 rings (SSSR count). The molecule has 0 spiro atoms. The van der Waals surface area contributed by atoms with E-state index in [4.69, 9.17) is 10.2 Å². The van der Waals surface area contributed by atoms with Gasteiger partial charge in [0, 0.05) is 13.1 Å². The molecule has 0 radical (unpaired) electrons. The highest BCUT2D eigenvalue weighted by atomic mass is 16.3. The lowest BCUT2D eigenvalue weighted by atomic mass is 10.3. The number of aromatic nitrogens is 2. The second kappa shape index (κ2) is 6.13. The first kappa shape index (κ1) is 13.9. The van der Waals surface area contributed by atoms with E-state index in [0.717, 1.165) is 25.9 Å². The molecule has 0 unspecified atom stereocenters. The van der Waals surface area contributed by atoms with Gasteiger partial charge in [0.1, 0.15) is 17.4 Å². The van der Waals surface area contributed by atoms with Crippen LogP contribution >= 0.6 is 0 Å². The number of anilines is 3. The molecule has 3 heterocycles. The minimum absolute atomic E-state index is 0.108. The molecule has 112 valence electrons. The van der Waals surface area contributed by atoms with Crippen molar-refractivity contribution >= 4 is 23.8 Å². The van der Waals surface area contributed by atoms with Gasteiger partial charge in [-0.2, -0.15) is 20.3 Å². The van der Waals surface area contributed by atoms with Gasteiger partial charge in [0.05, 0.1) is 12.5 Å². The van der Waals surface area contributed by atoms with Crippen LogP contribution in [0.25, 0.3) is 0 Å². The maximum absolute atomic E-state index is 9.43. The standard InChI is InChI=1S/C14H15N7O/c15-8-11-12(20-17-9-10-4-3-7-22-10)18-14(16)19-13(11)21-5-1-2-6-21/h3-4,7,9H,1-2,5-6H2,(H3,16,18,19,20)/b17-9+. The molecule has 8 nitrogen and oxygen atoms in total. The molecule has 1 aliphatic heterocycles. The summed E-state index contributed by atoms with van der Waals surface area (Å²) in [5.74, 6) is 1.55. The summed E-state index contributed by atoms with van der Waals surface area (Å²) in [5, 5.41) is 13.4. The maximum Gasteiger partial charge on any atom is 0.224 e. The molecule has 1 saturated heterocycles. The smallest absolute Gasteiger partial charge is 0.224 e. The first-order valence-corrected chi connectivity index (χ1v) is 6.93. The number of hydrazone groups is 1. The number of rotatable bonds is 4. The molecule has 0 aromatic carbocycles. The molecular formula is C14H15N7O. The average molecular weight is 297 g/mol. The molecule has 0 saturated carbocycles. The summed E-state index contributed by atoms with van der Waals surface area (Å²) in [7, 11) is 0. The average Bonchev–Trinajstić information content (AvgIpc) is 3.20. The molecule has 2 aromatic rings. The number of hydrogen-bond donors (Lipinski definition) is 2. The number of nitrogens with one attached hydrogen (secondary N) is 1. The highest BCUT2D eigenvalue weighted by Crippen LogP contribution is 2.27. The number of nitriles is 1. The van der Waals surface area contributed by atoms with Crippen LogP contribution in [0.2, 0.25) is 0 Å². The zero-order chi connectivity index (χ0) is 15.4. The molecule has 0 bridgehead atoms. The highest BCUT2D eigenvalue weighted by molar-refractivity contribution is 5.77. The Labute approximate surface area is 127 Å². The number of nitrogens with two attached hydrogens (primary N) is 1. The molecule has 2 aromatic heterocycles. The highest BCUT2D eigenvalue weighted by Gasteiger charge is 2.21. The quantitative estimate of drug-likeness (QED) is 0.649. The lowest BCUT2D eigenvalue weighted by Gasteiger charge is -2.18. The molecule has 8 heteroatoms. The Morgan fingerprint density at radius 1 is 1.41 bits per heavy atom. The summed E-state index contributed by atoms with van der Waals surface area (Å²) in [5.41, 5.74) is 8.83. The Morgan fingerprint density at radius 2 is 2.23 bits per heavy atom. The fraction of sp³-hybridized carbons (Fsp3) is 0.286. The number of nitrogen functional groups attached to an aromatic ring is 1. The van der Waals surface area contributed by atoms with Crippen molar-refractivity contribution < 1.29 is 4.42 Å². The molecule has 0 atom stereocenters. The Balaban J connectivity index is 1.88. The van der Waals surface area contributed by atoms with Crippen molar-refractivity contribution in [1.82, 2.24) is 9.97 Å². The van der Waals surface area contributed by atoms with Crippen LogP contribution < -0.4 is 16.1 Å². The van der Waals surface area contributed by atoms with Crippen molar-refractivity contribution in [2.24, 2.45) is 5.10 Å². The SMILES string of the molecule is N#Cc1c(N/N=C/c2ccco2)nc(N)nc1N1CCCC1. The second-order valence-electron chi connectivity index (χ2n) is 4.82. The summed E-state index contributed by atoms with van der Waals surface area (Å²) < 4.78 is 5.14. The van der Waals surface area contributed by atoms with Gasteiger partial charge in [-0.15, -0.1) is 0 Å². The molecule has 0 aliphatic carbocycles. The number of furan rings is 1. The monoisotopic (exact) mass is 297 g/mol. The van der Waals surface area contributed by atoms with E-state index < -0.39 is 0 Å². The van der Waals surface area contributed by atoms with Crippen molar-refractivity contribution in [2.45, 2.75) is 12.8 Å². The van der Waals surface area contributed by atoms with Crippen molar-refractivity contribution in [3.63, 3.8) is 0 Å². The van der Waals surface area contributed by atoms with Crippen LogP contribution in [0.3, 0.4) is 0 Å². The Bertz CT molecular complexity index is 712. The van der Waals surface area contributed by atoms with E-state index in [9.17, 15) is 5.26 Å². The predicted octanol–water partition coefficient (Wildman–Crippen LogP) is 1.57. The van der Waals surface area contributed by atoms with Gasteiger partial charge in [0.15, 0.2) is 11.6 Å². The van der Waals surface area contributed by atoms with Gasteiger partial charge < -0.3 is 15.1 Å². The summed E-state index contributed by atoms with van der Waals surface area (Å²) in [6, 6.07) is 5.65. The van der Waals surface area contributed by atoms with Gasteiger partial charge in [0.2, 0.25) is 5.95 Å². The summed E-state index contributed by atoms with van der Waals surface area (Å²) in [4.78, 5) is 10.3. The van der Waals surface area contributed by atoms with Crippen LogP contribution in [-0.4, -0.2) is 29.3 Å². The van der Waals surface area contributed by atoms with E-state index in [1.165, 1.54) is 6.21 Å². The zero-order valence-corrected chi connectivity index (χ0v) is 11.9. The minimum Gasteiger partial charge on any atom is -0.463 e. The van der Waals surface area contributed by atoms with Crippen molar-refractivity contribution in [2.75, 3.05) is 29.1 Å². The second-order valence-corrected chi connectivity index (χ2v) is 4.82. The molecule has 1 aliphatic rings. The van der Waals surface area contributed by atoms with Gasteiger partial charge in [-0.05, 0) is 25.0 Å². The van der Waals surface area contributed by atoms with Crippen molar-refractivity contribution in [3.05, 3.63) is 29.7 Å². The fourth-order valence-electron chi connectivity index (χ4n) is 2.33. The molecule has 22 heavy (non-hydrogen) atoms. The van der Waals surface area contributed by atoms with Gasteiger partial charge in [0.25, 0.3) is 0 Å². The predicted molar refractivity (Wildman–Crippen MR) is 82.5 cm³/mol. The third-order valence-electron chi connectivity index (χ3n) is 3.33. The molecule has 0 amide bonds. The van der Waals surface area contributed by atoms with Gasteiger partial charge in [-0.1, -0.05) is 0 Å². The molecule has 1 fully saturated rings. The van der Waals surface area contributed by atoms with E-state index in [2.05, 4.69) is 26.6 Å². The van der Waals surface area contributed by atoms with E-state index in [-0.39, 0.29) is 5.95 Å². The number of hydrogen-bond acceptors (Lipinski definition) is 8. The van der Waals surface area contributed by atoms with E-state index in [0.29, 0.717) is 23.0 Å². The van der Waals surface area contributed by atoms with E-state index >= 15 is 0 Å². The van der Waals surface area contributed by atoms with Gasteiger partial charge >= 0.3 is 0 Å². The van der Waals surface area contributed by atoms with Crippen molar-refractivity contribution in [3.8, 4) is 6.07 Å². The lowest BCUT2D eigenvalue weighted by Crippen LogP contribution is -2.22. The van der Waals surface area contributed by atoms with E-state index in [1.54, 1.807) is 18.4 Å². The number of nitrogens with zero attached hydrogens (tertiary/aromatic N) is 5. The zero-order valence-electron chi connectivity index (χ0n) is 11.9. The topological polar surface area (TPSA) is 116 Å². The normalized spacial score (nSPS) is 14.4. The Morgan fingerprint density at radius 3 is 2.91 bits per heavy atom. The van der Waals surface area contributed by atoms with Crippen LogP contribution in [0.1, 0.15) is 24.2 Å². The largest absolute Gasteiger partial charge is 0.463 e. The minimum atomic E-state index is 0.108. The van der Waals surface area contributed by atoms with Crippen LogP contribution in [0, 0.1) is 11.3 Å². The van der Waals surface area contributed by atoms with Crippen LogP contribution in [-0.2, 0) is 0 Å². The molecular weight excluding hydrogens is 282 g/mol. The first-order chi connectivity index (χ1) is 10.8. The third-order valence-corrected chi connectivity index (χ3v) is 3.33. The van der Waals surface area contributed by atoms with Crippen LogP contribution in [0.4, 0.5) is 17.6 Å². The lowest BCUT2D eigenvalue weighted by molar-refractivity contribution is 0.560. The van der Waals surface area contributed by atoms with E-state index in [1.807, 2.05) is 4.90 Å².